The number of hydrogen-bond donors (Lipinski definition) is 1. The average molecular weight is 185 g/mol. The summed E-state index contributed by atoms with van der Waals surface area (Å²) >= 11 is 0. The van der Waals surface area contributed by atoms with Crippen LogP contribution >= 0.6 is 0 Å². The summed E-state index contributed by atoms with van der Waals surface area (Å²) in [5.74, 6) is -0.661. The quantitative estimate of drug-likeness (QED) is 0.314. The Labute approximate surface area is 77.1 Å². The Balaban J connectivity index is 4.01. The predicted octanol–water partition coefficient (Wildman–Crippen LogP) is -1.36. The largest absolute Gasteiger partial charge is 0.469 e. The van der Waals surface area contributed by atoms with Crippen LogP contribution in [0.4, 0.5) is 0 Å². The van der Waals surface area contributed by atoms with Crippen molar-refractivity contribution in [2.75, 3.05) is 7.11 Å². The molecule has 5 nitrogen and oxygen atoms in total. The number of nitrogens with one attached hydrogen (secondary N) is 1. The Morgan fingerprint density at radius 3 is 2.62 bits per heavy atom. The van der Waals surface area contributed by atoms with Gasteiger partial charge < -0.3 is 14.8 Å². The van der Waals surface area contributed by atoms with Gasteiger partial charge in [0.2, 0.25) is 0 Å². The molecule has 0 aromatic heterocycles. The molecule has 1 atom stereocenters. The van der Waals surface area contributed by atoms with E-state index in [2.05, 4.69) is 9.96 Å². The number of carbonyl (C=O) groups excluding carboxylic acids is 3. The van der Waals surface area contributed by atoms with Crippen LogP contribution < -0.4 is 5.23 Å². The van der Waals surface area contributed by atoms with Crippen molar-refractivity contribution in [3.63, 3.8) is 0 Å². The van der Waals surface area contributed by atoms with E-state index in [1.54, 1.807) is 0 Å². The molecule has 0 saturated heterocycles. The van der Waals surface area contributed by atoms with Crippen molar-refractivity contribution < 1.29 is 19.1 Å². The highest BCUT2D eigenvalue weighted by Crippen LogP contribution is 1.94. The third-order valence-corrected chi connectivity index (χ3v) is 1.54. The summed E-state index contributed by atoms with van der Waals surface area (Å²) in [5.41, 5.74) is 0. The van der Waals surface area contributed by atoms with Crippen LogP contribution in [0.5, 0.6) is 0 Å². The fourth-order valence-electron chi connectivity index (χ4n) is 0.800. The molecule has 0 amide bonds. The van der Waals surface area contributed by atoms with Crippen molar-refractivity contribution in [1.29, 1.82) is 0 Å². The molecule has 0 aromatic carbocycles. The van der Waals surface area contributed by atoms with E-state index in [1.807, 2.05) is 0 Å². The second kappa shape index (κ2) is 6.36. The van der Waals surface area contributed by atoms with Crippen molar-refractivity contribution in [2.24, 2.45) is 0 Å². The van der Waals surface area contributed by atoms with Crippen LogP contribution in [0.3, 0.4) is 0 Å². The minimum Gasteiger partial charge on any atom is -0.469 e. The molecule has 0 aliphatic carbocycles. The van der Waals surface area contributed by atoms with E-state index in [0.717, 1.165) is 0 Å². The van der Waals surface area contributed by atoms with Crippen molar-refractivity contribution in [3.05, 3.63) is 0 Å². The molecule has 0 unspecified atom stereocenters. The lowest BCUT2D eigenvalue weighted by molar-refractivity contribution is -0.142. The molecule has 13 heavy (non-hydrogen) atoms. The number of esters is 1. The summed E-state index contributed by atoms with van der Waals surface area (Å²) in [5, 5.41) is 2.62. The Morgan fingerprint density at radius 1 is 1.62 bits per heavy atom. The Hall–Kier alpha value is -1.17. The van der Waals surface area contributed by atoms with E-state index < -0.39 is 12.0 Å². The average Bonchev–Trinajstić information content (AvgIpc) is 2.11. The molecular formula is C7H12BNO4. The van der Waals surface area contributed by atoms with Crippen molar-refractivity contribution >= 4 is 25.4 Å². The summed E-state index contributed by atoms with van der Waals surface area (Å²) in [6.07, 6.45) is 0.590. The van der Waals surface area contributed by atoms with Crippen molar-refractivity contribution in [2.45, 2.75) is 19.4 Å². The first-order chi connectivity index (χ1) is 6.11. The summed E-state index contributed by atoms with van der Waals surface area (Å²) in [4.78, 5) is 31.7. The van der Waals surface area contributed by atoms with Gasteiger partial charge in [0.25, 0.3) is 7.41 Å². The van der Waals surface area contributed by atoms with E-state index in [-0.39, 0.29) is 19.6 Å². The van der Waals surface area contributed by atoms with Crippen LogP contribution in [-0.2, 0) is 19.1 Å². The van der Waals surface area contributed by atoms with E-state index in [1.165, 1.54) is 14.0 Å². The number of Topliss-reactive ketones (excluding diaryl/α,β-unsaturated/α-hetero) is 1. The molecule has 0 rings (SSSR count). The van der Waals surface area contributed by atoms with Gasteiger partial charge in [0, 0.05) is 0 Å². The Bertz CT molecular complexity index is 207. The van der Waals surface area contributed by atoms with Gasteiger partial charge in [-0.1, -0.05) is 0 Å². The lowest BCUT2D eigenvalue weighted by Crippen LogP contribution is -2.40. The third kappa shape index (κ3) is 5.13. The minimum atomic E-state index is -0.627. The lowest BCUT2D eigenvalue weighted by atomic mass is 9.94. The van der Waals surface area contributed by atoms with Gasteiger partial charge in [-0.15, -0.1) is 0 Å². The van der Waals surface area contributed by atoms with Gasteiger partial charge in [-0.3, -0.25) is 9.59 Å². The second-order valence-electron chi connectivity index (χ2n) is 2.52. The summed E-state index contributed by atoms with van der Waals surface area (Å²) < 4.78 is 4.39. The lowest BCUT2D eigenvalue weighted by Gasteiger charge is -2.11. The van der Waals surface area contributed by atoms with Gasteiger partial charge in [-0.05, 0) is 6.92 Å². The normalized spacial score (nSPS) is 11.5. The van der Waals surface area contributed by atoms with E-state index in [0.29, 0.717) is 6.19 Å². The molecule has 0 aromatic rings. The van der Waals surface area contributed by atoms with Gasteiger partial charge in [0.15, 0.2) is 0 Å². The molecule has 0 radical (unpaired) electrons. The van der Waals surface area contributed by atoms with Gasteiger partial charge in [0.05, 0.1) is 25.8 Å². The highest BCUT2D eigenvalue weighted by Gasteiger charge is 2.17. The number of rotatable bonds is 6. The number of hydrogen-bond acceptors (Lipinski definition) is 5. The summed E-state index contributed by atoms with van der Waals surface area (Å²) in [6.45, 7) is 1.35. The van der Waals surface area contributed by atoms with Crippen molar-refractivity contribution in [1.82, 2.24) is 5.23 Å². The highest BCUT2D eigenvalue weighted by atomic mass is 16.5. The Morgan fingerprint density at radius 2 is 2.23 bits per heavy atom. The zero-order valence-corrected chi connectivity index (χ0v) is 7.70. The molecule has 0 aliphatic heterocycles. The molecule has 0 saturated carbocycles. The first kappa shape index (κ1) is 11.8. The summed E-state index contributed by atoms with van der Waals surface area (Å²) in [7, 11) is 1.31. The fraction of sp³-hybridized carbons (Fsp3) is 0.571. The SMILES string of the molecule is COC(=O)C[C@@H](NBC=O)C(C)=O. The second-order valence-corrected chi connectivity index (χ2v) is 2.52. The summed E-state index contributed by atoms with van der Waals surface area (Å²) in [6, 6.07) is -0.627. The van der Waals surface area contributed by atoms with Crippen LogP contribution in [0.1, 0.15) is 13.3 Å². The van der Waals surface area contributed by atoms with Crippen LogP contribution in [0.15, 0.2) is 0 Å². The monoisotopic (exact) mass is 185 g/mol. The predicted molar refractivity (Wildman–Crippen MR) is 48.1 cm³/mol. The Kier molecular flexibility index (Phi) is 5.79. The molecule has 0 fully saturated rings. The maximum Gasteiger partial charge on any atom is 0.307 e. The number of methoxy groups -OCH3 is 1. The van der Waals surface area contributed by atoms with Crippen LogP contribution in [0.2, 0.25) is 0 Å². The van der Waals surface area contributed by atoms with Crippen LogP contribution in [-0.4, -0.2) is 38.5 Å². The fourth-order valence-corrected chi connectivity index (χ4v) is 0.800. The zero-order valence-electron chi connectivity index (χ0n) is 7.70. The molecule has 0 spiro atoms. The highest BCUT2D eigenvalue weighted by molar-refractivity contribution is 6.64. The third-order valence-electron chi connectivity index (χ3n) is 1.54. The molecule has 0 heterocycles. The first-order valence-electron chi connectivity index (χ1n) is 3.86. The molecule has 6 heteroatoms. The zero-order chi connectivity index (χ0) is 10.3. The number of ether oxygens (including phenoxy) is 1. The van der Waals surface area contributed by atoms with E-state index in [4.69, 9.17) is 0 Å². The molecular weight excluding hydrogens is 173 g/mol. The standard InChI is InChI=1S/C7H12BNO4/c1-5(11)6(9-8-4-10)3-7(12)13-2/h4,6,8-9H,3H2,1-2H3/t6-/m1/s1. The van der Waals surface area contributed by atoms with E-state index in [9.17, 15) is 14.4 Å². The van der Waals surface area contributed by atoms with Gasteiger partial charge in [0.1, 0.15) is 5.78 Å². The van der Waals surface area contributed by atoms with E-state index >= 15 is 0 Å². The van der Waals surface area contributed by atoms with Gasteiger partial charge in [-0.25, -0.2) is 0 Å². The number of carbonyl (C=O) groups is 3. The molecule has 0 bridgehead atoms. The minimum absolute atomic E-state index is 0.0420. The van der Waals surface area contributed by atoms with Gasteiger partial charge in [-0.2, -0.15) is 0 Å². The molecule has 0 aliphatic rings. The van der Waals surface area contributed by atoms with Crippen molar-refractivity contribution in [3.8, 4) is 0 Å². The molecule has 1 N–H and O–H groups in total. The maximum atomic E-state index is 10.9. The number of ketones is 1. The van der Waals surface area contributed by atoms with Gasteiger partial charge >= 0.3 is 5.97 Å². The topological polar surface area (TPSA) is 72.5 Å². The maximum absolute atomic E-state index is 10.9. The van der Waals surface area contributed by atoms with Crippen LogP contribution in [0, 0.1) is 0 Å². The first-order valence-corrected chi connectivity index (χ1v) is 3.86. The smallest absolute Gasteiger partial charge is 0.307 e. The van der Waals surface area contributed by atoms with Crippen LogP contribution in [0.25, 0.3) is 0 Å². The molecule has 72 valence electrons.